The van der Waals surface area contributed by atoms with Crippen LogP contribution in [0.15, 0.2) is 22.7 Å². The van der Waals surface area contributed by atoms with Crippen molar-refractivity contribution in [1.29, 1.82) is 0 Å². The highest BCUT2D eigenvalue weighted by atomic mass is 79.9. The summed E-state index contributed by atoms with van der Waals surface area (Å²) >= 11 is 3.53. The van der Waals surface area contributed by atoms with E-state index < -0.39 is 0 Å². The Bertz CT molecular complexity index is 595. The number of hydrogen-bond donors (Lipinski definition) is 0. The van der Waals surface area contributed by atoms with Crippen molar-refractivity contribution in [3.05, 3.63) is 45.4 Å². The fourth-order valence-electron chi connectivity index (χ4n) is 1.85. The van der Waals surface area contributed by atoms with Crippen molar-refractivity contribution in [3.63, 3.8) is 0 Å². The molecule has 0 radical (unpaired) electrons. The number of halogens is 2. The average Bonchev–Trinajstić information content (AvgIpc) is 2.66. The van der Waals surface area contributed by atoms with Crippen LogP contribution in [0.4, 0.5) is 4.39 Å². The molecule has 1 heterocycles. The second kappa shape index (κ2) is 5.74. The van der Waals surface area contributed by atoms with Gasteiger partial charge in [-0.15, -0.1) is 0 Å². The van der Waals surface area contributed by atoms with E-state index in [9.17, 15) is 4.39 Å². The second-order valence-electron chi connectivity index (χ2n) is 4.38. The number of nitrogens with zero attached hydrogens (tertiary/aromatic N) is 2. The summed E-state index contributed by atoms with van der Waals surface area (Å²) in [5, 5.41) is 4.40. The third-order valence-corrected chi connectivity index (χ3v) is 3.93. The third kappa shape index (κ3) is 2.97. The molecule has 0 amide bonds. The van der Waals surface area contributed by atoms with Crippen LogP contribution in [-0.2, 0) is 20.1 Å². The maximum Gasteiger partial charge on any atom is 0.131 e. The standard InChI is InChI=1S/C14H16BrFN2O/c1-4-11-14(15)12(18(3)17-11)8-19-13-7-10(16)6-5-9(13)2/h5-7H,4,8H2,1-3H3. The van der Waals surface area contributed by atoms with Crippen molar-refractivity contribution in [2.75, 3.05) is 0 Å². The number of ether oxygens (including phenoxy) is 1. The predicted octanol–water partition coefficient (Wildman–Crippen LogP) is 3.77. The number of rotatable bonds is 4. The molecule has 0 unspecified atom stereocenters. The number of aryl methyl sites for hydroxylation is 3. The minimum Gasteiger partial charge on any atom is -0.487 e. The first-order chi connectivity index (χ1) is 9.02. The second-order valence-corrected chi connectivity index (χ2v) is 5.18. The van der Waals surface area contributed by atoms with E-state index in [1.54, 1.807) is 10.7 Å². The van der Waals surface area contributed by atoms with Crippen LogP contribution >= 0.6 is 15.9 Å². The maximum absolute atomic E-state index is 13.2. The Morgan fingerprint density at radius 3 is 2.79 bits per heavy atom. The van der Waals surface area contributed by atoms with Gasteiger partial charge >= 0.3 is 0 Å². The highest BCUT2D eigenvalue weighted by Crippen LogP contribution is 2.25. The van der Waals surface area contributed by atoms with Gasteiger partial charge in [0.2, 0.25) is 0 Å². The molecule has 0 saturated heterocycles. The van der Waals surface area contributed by atoms with E-state index in [2.05, 4.69) is 28.0 Å². The quantitative estimate of drug-likeness (QED) is 0.855. The monoisotopic (exact) mass is 326 g/mol. The molecule has 0 aliphatic heterocycles. The molecule has 2 rings (SSSR count). The van der Waals surface area contributed by atoms with Crippen LogP contribution in [0.1, 0.15) is 23.9 Å². The minimum absolute atomic E-state index is 0.293. The molecule has 0 aliphatic rings. The number of aromatic nitrogens is 2. The first-order valence-electron chi connectivity index (χ1n) is 6.12. The van der Waals surface area contributed by atoms with Gasteiger partial charge in [-0.1, -0.05) is 13.0 Å². The largest absolute Gasteiger partial charge is 0.487 e. The first-order valence-corrected chi connectivity index (χ1v) is 6.91. The van der Waals surface area contributed by atoms with Gasteiger partial charge in [-0.2, -0.15) is 5.10 Å². The summed E-state index contributed by atoms with van der Waals surface area (Å²) < 4.78 is 21.6. The summed E-state index contributed by atoms with van der Waals surface area (Å²) in [5.41, 5.74) is 2.85. The molecule has 2 aromatic rings. The molecule has 0 bridgehead atoms. The third-order valence-electron chi connectivity index (χ3n) is 3.02. The van der Waals surface area contributed by atoms with Crippen LogP contribution < -0.4 is 4.74 Å². The summed E-state index contributed by atoms with van der Waals surface area (Å²) in [4.78, 5) is 0. The van der Waals surface area contributed by atoms with Crippen LogP contribution in [0.2, 0.25) is 0 Å². The fourth-order valence-corrected chi connectivity index (χ4v) is 2.58. The summed E-state index contributed by atoms with van der Waals surface area (Å²) in [6.07, 6.45) is 0.855. The zero-order valence-electron chi connectivity index (χ0n) is 11.2. The molecule has 1 aromatic heterocycles. The van der Waals surface area contributed by atoms with Gasteiger partial charge in [0.1, 0.15) is 18.2 Å². The van der Waals surface area contributed by atoms with Crippen LogP contribution in [0.3, 0.4) is 0 Å². The molecule has 5 heteroatoms. The number of benzene rings is 1. The van der Waals surface area contributed by atoms with Gasteiger partial charge in [0, 0.05) is 13.1 Å². The van der Waals surface area contributed by atoms with E-state index in [1.165, 1.54) is 12.1 Å². The zero-order valence-corrected chi connectivity index (χ0v) is 12.8. The Balaban J connectivity index is 2.19. The predicted molar refractivity (Wildman–Crippen MR) is 75.8 cm³/mol. The van der Waals surface area contributed by atoms with Crippen LogP contribution in [0.5, 0.6) is 5.75 Å². The Morgan fingerprint density at radius 1 is 1.42 bits per heavy atom. The zero-order chi connectivity index (χ0) is 14.0. The highest BCUT2D eigenvalue weighted by Gasteiger charge is 2.13. The molecule has 102 valence electrons. The molecule has 0 spiro atoms. The first kappa shape index (κ1) is 14.1. The minimum atomic E-state index is -0.293. The smallest absolute Gasteiger partial charge is 0.131 e. The van der Waals surface area contributed by atoms with Crippen molar-refractivity contribution in [1.82, 2.24) is 9.78 Å². The van der Waals surface area contributed by atoms with Gasteiger partial charge in [0.25, 0.3) is 0 Å². The molecule has 19 heavy (non-hydrogen) atoms. The van der Waals surface area contributed by atoms with Crippen molar-refractivity contribution in [2.45, 2.75) is 26.9 Å². The van der Waals surface area contributed by atoms with Crippen LogP contribution in [0.25, 0.3) is 0 Å². The maximum atomic E-state index is 13.2. The molecule has 3 nitrogen and oxygen atoms in total. The van der Waals surface area contributed by atoms with E-state index >= 15 is 0 Å². The molecule has 1 aromatic carbocycles. The normalized spacial score (nSPS) is 10.8. The lowest BCUT2D eigenvalue weighted by atomic mass is 10.2. The van der Waals surface area contributed by atoms with Crippen molar-refractivity contribution in [3.8, 4) is 5.75 Å². The van der Waals surface area contributed by atoms with Gasteiger partial charge in [0.15, 0.2) is 0 Å². The SMILES string of the molecule is CCc1nn(C)c(COc2cc(F)ccc2C)c1Br. The van der Waals surface area contributed by atoms with Crippen molar-refractivity contribution < 1.29 is 9.13 Å². The molecule has 0 atom stereocenters. The Hall–Kier alpha value is -1.36. The fraction of sp³-hybridized carbons (Fsp3) is 0.357. The Kier molecular flexibility index (Phi) is 4.24. The van der Waals surface area contributed by atoms with Gasteiger partial charge in [-0.3, -0.25) is 4.68 Å². The van der Waals surface area contributed by atoms with E-state index in [0.29, 0.717) is 12.4 Å². The summed E-state index contributed by atoms with van der Waals surface area (Å²) in [7, 11) is 1.88. The Labute approximate surface area is 120 Å². The molecule has 0 saturated carbocycles. The number of hydrogen-bond acceptors (Lipinski definition) is 2. The summed E-state index contributed by atoms with van der Waals surface area (Å²) in [5.74, 6) is 0.269. The lowest BCUT2D eigenvalue weighted by Crippen LogP contribution is -2.04. The highest BCUT2D eigenvalue weighted by molar-refractivity contribution is 9.10. The van der Waals surface area contributed by atoms with Crippen LogP contribution in [0, 0.1) is 12.7 Å². The molecule has 0 fully saturated rings. The topological polar surface area (TPSA) is 27.1 Å². The molecule has 0 N–H and O–H groups in total. The van der Waals surface area contributed by atoms with Gasteiger partial charge in [-0.05, 0) is 40.9 Å². The summed E-state index contributed by atoms with van der Waals surface area (Å²) in [6, 6.07) is 4.54. The average molecular weight is 327 g/mol. The van der Waals surface area contributed by atoms with Crippen LogP contribution in [-0.4, -0.2) is 9.78 Å². The van der Waals surface area contributed by atoms with Crippen molar-refractivity contribution in [2.24, 2.45) is 7.05 Å². The Morgan fingerprint density at radius 2 is 2.16 bits per heavy atom. The lowest BCUT2D eigenvalue weighted by Gasteiger charge is -2.09. The molecule has 0 aliphatic carbocycles. The van der Waals surface area contributed by atoms with Gasteiger partial charge in [-0.25, -0.2) is 4.39 Å². The van der Waals surface area contributed by atoms with E-state index in [4.69, 9.17) is 4.74 Å². The molecular formula is C14H16BrFN2O. The summed E-state index contributed by atoms with van der Waals surface area (Å²) in [6.45, 7) is 4.30. The molecular weight excluding hydrogens is 311 g/mol. The van der Waals surface area contributed by atoms with E-state index in [0.717, 1.165) is 27.8 Å². The van der Waals surface area contributed by atoms with Gasteiger partial charge < -0.3 is 4.74 Å². The van der Waals surface area contributed by atoms with Crippen molar-refractivity contribution >= 4 is 15.9 Å². The van der Waals surface area contributed by atoms with Gasteiger partial charge in [0.05, 0.1) is 15.9 Å². The van der Waals surface area contributed by atoms with E-state index in [-0.39, 0.29) is 5.82 Å². The van der Waals surface area contributed by atoms with E-state index in [1.807, 2.05) is 14.0 Å². The lowest BCUT2D eigenvalue weighted by molar-refractivity contribution is 0.290.